The van der Waals surface area contributed by atoms with Crippen LogP contribution >= 0.6 is 0 Å². The maximum atomic E-state index is 12.8. The average Bonchev–Trinajstić information content (AvgIpc) is 3.49. The van der Waals surface area contributed by atoms with Crippen LogP contribution in [0.2, 0.25) is 0 Å². The number of hydrogen-bond acceptors (Lipinski definition) is 8. The lowest BCUT2D eigenvalue weighted by Gasteiger charge is -2.09. The summed E-state index contributed by atoms with van der Waals surface area (Å²) in [6, 6.07) is 12.6. The third-order valence-electron chi connectivity index (χ3n) is 4.77. The number of pyridine rings is 2. The summed E-state index contributed by atoms with van der Waals surface area (Å²) in [5, 5.41) is 22.2. The van der Waals surface area contributed by atoms with E-state index in [1.807, 2.05) is 38.1 Å². The topological polar surface area (TPSA) is 136 Å². The Labute approximate surface area is 187 Å². The van der Waals surface area contributed by atoms with Gasteiger partial charge in [0, 0.05) is 28.9 Å². The van der Waals surface area contributed by atoms with E-state index in [4.69, 9.17) is 4.74 Å². The van der Waals surface area contributed by atoms with Gasteiger partial charge in [-0.2, -0.15) is 9.78 Å². The summed E-state index contributed by atoms with van der Waals surface area (Å²) in [5.74, 6) is 1.25. The van der Waals surface area contributed by atoms with Gasteiger partial charge >= 0.3 is 0 Å². The summed E-state index contributed by atoms with van der Waals surface area (Å²) >= 11 is 0. The van der Waals surface area contributed by atoms with E-state index in [1.165, 1.54) is 17.2 Å². The summed E-state index contributed by atoms with van der Waals surface area (Å²) < 4.78 is 7.18. The standard InChI is InChI=1S/C22H19N9O2/c1-13(2)33-16-3-4-18-17(11-16)21(28-27-18)14-5-7-23-19(9-14)26-22(32)15-6-8-24-20(10-15)31-12-25-29-30-31/h3-13H,1-2H3,(H,27,28)(H,23,26,32). The minimum Gasteiger partial charge on any atom is -0.491 e. The second-order valence-electron chi connectivity index (χ2n) is 7.49. The van der Waals surface area contributed by atoms with Crippen molar-refractivity contribution in [3.8, 4) is 22.8 Å². The Kier molecular flexibility index (Phi) is 5.19. The van der Waals surface area contributed by atoms with E-state index in [9.17, 15) is 4.79 Å². The lowest BCUT2D eigenvalue weighted by Crippen LogP contribution is -2.14. The van der Waals surface area contributed by atoms with Crippen LogP contribution in [0, 0.1) is 0 Å². The summed E-state index contributed by atoms with van der Waals surface area (Å²) in [5.41, 5.74) is 2.82. The molecule has 0 unspecified atom stereocenters. The number of aromatic nitrogens is 8. The van der Waals surface area contributed by atoms with Gasteiger partial charge in [0.2, 0.25) is 0 Å². The van der Waals surface area contributed by atoms with E-state index in [0.29, 0.717) is 17.2 Å². The van der Waals surface area contributed by atoms with E-state index >= 15 is 0 Å². The Hall–Kier alpha value is -4.67. The van der Waals surface area contributed by atoms with E-state index in [0.717, 1.165) is 27.9 Å². The van der Waals surface area contributed by atoms with Crippen molar-refractivity contribution in [3.63, 3.8) is 0 Å². The number of aromatic amines is 1. The smallest absolute Gasteiger partial charge is 0.257 e. The third kappa shape index (κ3) is 4.24. The molecule has 1 amide bonds. The zero-order chi connectivity index (χ0) is 22.8. The minimum absolute atomic E-state index is 0.0649. The van der Waals surface area contributed by atoms with Crippen LogP contribution in [0.1, 0.15) is 24.2 Å². The number of anilines is 1. The largest absolute Gasteiger partial charge is 0.491 e. The molecule has 33 heavy (non-hydrogen) atoms. The van der Waals surface area contributed by atoms with Crippen LogP contribution in [0.15, 0.2) is 61.2 Å². The fourth-order valence-electron chi connectivity index (χ4n) is 3.34. The number of nitrogens with one attached hydrogen (secondary N) is 2. The molecule has 5 rings (SSSR count). The molecule has 4 aromatic heterocycles. The highest BCUT2D eigenvalue weighted by atomic mass is 16.5. The number of rotatable bonds is 6. The van der Waals surface area contributed by atoms with Gasteiger partial charge in [-0.15, -0.1) is 5.10 Å². The van der Waals surface area contributed by atoms with Crippen LogP contribution in [0.25, 0.3) is 28.0 Å². The number of carbonyl (C=O) groups excluding carboxylic acids is 1. The predicted molar refractivity (Wildman–Crippen MR) is 120 cm³/mol. The fraction of sp³-hybridized carbons (Fsp3) is 0.136. The highest BCUT2D eigenvalue weighted by Crippen LogP contribution is 2.30. The molecule has 2 N–H and O–H groups in total. The molecule has 5 aromatic rings. The number of ether oxygens (including phenoxy) is 1. The van der Waals surface area contributed by atoms with E-state index in [1.54, 1.807) is 24.4 Å². The Morgan fingerprint density at radius 2 is 1.97 bits per heavy atom. The van der Waals surface area contributed by atoms with Gasteiger partial charge in [-0.25, -0.2) is 9.97 Å². The summed E-state index contributed by atoms with van der Waals surface area (Å²) in [4.78, 5) is 21.3. The second-order valence-corrected chi connectivity index (χ2v) is 7.49. The van der Waals surface area contributed by atoms with E-state index in [-0.39, 0.29) is 12.0 Å². The molecular formula is C22H19N9O2. The minimum atomic E-state index is -0.337. The van der Waals surface area contributed by atoms with Crippen LogP contribution in [-0.2, 0) is 0 Å². The normalized spacial score (nSPS) is 11.1. The first kappa shape index (κ1) is 20.2. The van der Waals surface area contributed by atoms with Gasteiger partial charge in [-0.05, 0) is 66.7 Å². The highest BCUT2D eigenvalue weighted by molar-refractivity contribution is 6.04. The lowest BCUT2D eigenvalue weighted by molar-refractivity contribution is 0.102. The SMILES string of the molecule is CC(C)Oc1ccc2[nH]nc(-c3ccnc(NC(=O)c4ccnc(-n5cnnn5)c4)c3)c2c1. The molecular weight excluding hydrogens is 422 g/mol. The Bertz CT molecular complexity index is 1430. The molecule has 0 saturated carbocycles. The maximum absolute atomic E-state index is 12.8. The summed E-state index contributed by atoms with van der Waals surface area (Å²) in [6.45, 7) is 3.96. The first-order chi connectivity index (χ1) is 16.1. The quantitative estimate of drug-likeness (QED) is 0.410. The van der Waals surface area contributed by atoms with Crippen molar-refractivity contribution in [1.82, 2.24) is 40.4 Å². The summed E-state index contributed by atoms with van der Waals surface area (Å²) in [7, 11) is 0. The highest BCUT2D eigenvalue weighted by Gasteiger charge is 2.13. The van der Waals surface area contributed by atoms with Gasteiger partial charge in [-0.1, -0.05) is 0 Å². The third-order valence-corrected chi connectivity index (χ3v) is 4.77. The van der Waals surface area contributed by atoms with Crippen molar-refractivity contribution in [3.05, 3.63) is 66.7 Å². The molecule has 1 aromatic carbocycles. The first-order valence-corrected chi connectivity index (χ1v) is 10.2. The predicted octanol–water partition coefficient (Wildman–Crippen LogP) is 3.04. The monoisotopic (exact) mass is 441 g/mol. The number of amides is 1. The average molecular weight is 441 g/mol. The van der Waals surface area contributed by atoms with E-state index < -0.39 is 0 Å². The molecule has 0 saturated heterocycles. The van der Waals surface area contributed by atoms with Crippen LogP contribution in [-0.4, -0.2) is 52.4 Å². The molecule has 0 atom stereocenters. The van der Waals surface area contributed by atoms with Crippen molar-refractivity contribution in [2.75, 3.05) is 5.32 Å². The molecule has 164 valence electrons. The number of fused-ring (bicyclic) bond motifs is 1. The van der Waals surface area contributed by atoms with Crippen molar-refractivity contribution in [1.29, 1.82) is 0 Å². The first-order valence-electron chi connectivity index (χ1n) is 10.2. The van der Waals surface area contributed by atoms with Crippen LogP contribution < -0.4 is 10.1 Å². The lowest BCUT2D eigenvalue weighted by atomic mass is 10.1. The molecule has 0 aliphatic heterocycles. The number of nitrogens with zero attached hydrogens (tertiary/aromatic N) is 7. The maximum Gasteiger partial charge on any atom is 0.257 e. The van der Waals surface area contributed by atoms with Gasteiger partial charge in [0.05, 0.1) is 11.6 Å². The van der Waals surface area contributed by atoms with Crippen molar-refractivity contribution >= 4 is 22.6 Å². The zero-order valence-corrected chi connectivity index (χ0v) is 17.8. The van der Waals surface area contributed by atoms with Gasteiger partial charge in [0.15, 0.2) is 5.82 Å². The van der Waals surface area contributed by atoms with Crippen molar-refractivity contribution < 1.29 is 9.53 Å². The molecule has 0 spiro atoms. The van der Waals surface area contributed by atoms with Gasteiger partial charge in [0.25, 0.3) is 5.91 Å². The molecule has 0 fully saturated rings. The zero-order valence-electron chi connectivity index (χ0n) is 17.8. The number of H-pyrrole nitrogens is 1. The number of hydrogen-bond donors (Lipinski definition) is 2. The molecule has 11 nitrogen and oxygen atoms in total. The van der Waals surface area contributed by atoms with E-state index in [2.05, 4.69) is 41.0 Å². The molecule has 0 bridgehead atoms. The fourth-order valence-corrected chi connectivity index (χ4v) is 3.34. The molecule has 0 aliphatic carbocycles. The van der Waals surface area contributed by atoms with Gasteiger partial charge < -0.3 is 10.1 Å². The molecule has 0 radical (unpaired) electrons. The van der Waals surface area contributed by atoms with Gasteiger partial charge in [-0.3, -0.25) is 9.89 Å². The second kappa shape index (κ2) is 8.46. The molecule has 4 heterocycles. The number of carbonyl (C=O) groups is 1. The van der Waals surface area contributed by atoms with Crippen molar-refractivity contribution in [2.24, 2.45) is 0 Å². The van der Waals surface area contributed by atoms with Crippen LogP contribution in [0.3, 0.4) is 0 Å². The van der Waals surface area contributed by atoms with Crippen molar-refractivity contribution in [2.45, 2.75) is 20.0 Å². The Morgan fingerprint density at radius 3 is 2.79 bits per heavy atom. The summed E-state index contributed by atoms with van der Waals surface area (Å²) in [6.07, 6.45) is 4.61. The Balaban J connectivity index is 1.41. The Morgan fingerprint density at radius 1 is 1.09 bits per heavy atom. The molecule has 0 aliphatic rings. The number of tetrazole rings is 1. The van der Waals surface area contributed by atoms with Crippen LogP contribution in [0.5, 0.6) is 5.75 Å². The molecule has 11 heteroatoms. The van der Waals surface area contributed by atoms with Gasteiger partial charge in [0.1, 0.15) is 23.6 Å². The number of benzene rings is 1. The van der Waals surface area contributed by atoms with Crippen LogP contribution in [0.4, 0.5) is 5.82 Å².